The lowest BCUT2D eigenvalue weighted by molar-refractivity contribution is -0.130. The van der Waals surface area contributed by atoms with E-state index in [2.05, 4.69) is 43.0 Å². The fourth-order valence-electron chi connectivity index (χ4n) is 5.84. The van der Waals surface area contributed by atoms with Crippen LogP contribution in [0.15, 0.2) is 59.9 Å². The van der Waals surface area contributed by atoms with Crippen molar-refractivity contribution >= 4 is 40.4 Å². The molecule has 2 aliphatic heterocycles. The minimum Gasteiger partial charge on any atom is -0.393 e. The molecular weight excluding hydrogens is 556 g/mol. The summed E-state index contributed by atoms with van der Waals surface area (Å²) < 4.78 is 1.43. The maximum absolute atomic E-state index is 14.0. The van der Waals surface area contributed by atoms with Gasteiger partial charge in [0.25, 0.3) is 5.56 Å². The van der Waals surface area contributed by atoms with Gasteiger partial charge in [-0.05, 0) is 68.5 Å². The summed E-state index contributed by atoms with van der Waals surface area (Å²) in [7, 11) is 1.73. The summed E-state index contributed by atoms with van der Waals surface area (Å²) >= 11 is 0. The fraction of sp³-hybridized carbons (Fsp3) is 0.344. The molecule has 0 radical (unpaired) electrons. The maximum atomic E-state index is 14.0. The van der Waals surface area contributed by atoms with E-state index in [1.807, 2.05) is 12.1 Å². The molecule has 226 valence electrons. The molecule has 0 unspecified atom stereocenters. The number of hydrogen-bond donors (Lipinski definition) is 4. The SMILES string of the molecule is CN/C=C(\C=N)c1ncc(-c2cc3cnc(Nc4ccc(C5CCNCC5)cc4)nc3n(CC(=O)N3CCCC3)c2=O)cn1. The number of aromatic nitrogens is 5. The molecule has 5 heterocycles. The number of benzene rings is 1. The summed E-state index contributed by atoms with van der Waals surface area (Å²) in [5.41, 5.74) is 3.50. The molecule has 4 N–H and O–H groups in total. The molecule has 0 spiro atoms. The van der Waals surface area contributed by atoms with E-state index in [0.29, 0.717) is 58.5 Å². The Hall–Kier alpha value is -4.97. The van der Waals surface area contributed by atoms with Crippen molar-refractivity contribution in [3.63, 3.8) is 0 Å². The molecule has 1 amide bonds. The zero-order valence-electron chi connectivity index (χ0n) is 24.7. The number of anilines is 2. The summed E-state index contributed by atoms with van der Waals surface area (Å²) in [4.78, 5) is 47.0. The van der Waals surface area contributed by atoms with Gasteiger partial charge in [-0.2, -0.15) is 4.98 Å². The van der Waals surface area contributed by atoms with E-state index in [0.717, 1.165) is 50.7 Å². The number of rotatable bonds is 9. The van der Waals surface area contributed by atoms with Crippen LogP contribution in [-0.4, -0.2) is 74.8 Å². The Morgan fingerprint density at radius 3 is 2.48 bits per heavy atom. The van der Waals surface area contributed by atoms with Gasteiger partial charge in [-0.3, -0.25) is 14.2 Å². The summed E-state index contributed by atoms with van der Waals surface area (Å²) in [5.74, 6) is 1.13. The molecule has 2 fully saturated rings. The second-order valence-electron chi connectivity index (χ2n) is 11.1. The van der Waals surface area contributed by atoms with Gasteiger partial charge >= 0.3 is 0 Å². The van der Waals surface area contributed by atoms with Crippen LogP contribution >= 0.6 is 0 Å². The minimum atomic E-state index is -0.365. The summed E-state index contributed by atoms with van der Waals surface area (Å²) in [5, 5.41) is 17.8. The van der Waals surface area contributed by atoms with Crippen molar-refractivity contribution in [2.75, 3.05) is 38.5 Å². The molecule has 44 heavy (non-hydrogen) atoms. The van der Waals surface area contributed by atoms with E-state index in [1.165, 1.54) is 10.1 Å². The molecule has 0 bridgehead atoms. The van der Waals surface area contributed by atoms with Crippen LogP contribution in [0.5, 0.6) is 0 Å². The maximum Gasteiger partial charge on any atom is 0.260 e. The van der Waals surface area contributed by atoms with E-state index < -0.39 is 0 Å². The first-order valence-electron chi connectivity index (χ1n) is 15.0. The smallest absolute Gasteiger partial charge is 0.260 e. The lowest BCUT2D eigenvalue weighted by atomic mass is 9.90. The number of amides is 1. The fourth-order valence-corrected chi connectivity index (χ4v) is 5.84. The molecule has 2 saturated heterocycles. The highest BCUT2D eigenvalue weighted by Crippen LogP contribution is 2.27. The van der Waals surface area contributed by atoms with Gasteiger partial charge < -0.3 is 26.3 Å². The minimum absolute atomic E-state index is 0.121. The number of pyridine rings is 1. The van der Waals surface area contributed by atoms with Crippen LogP contribution in [0.1, 0.15) is 43.0 Å². The molecule has 6 rings (SSSR count). The van der Waals surface area contributed by atoms with Gasteiger partial charge in [0.2, 0.25) is 11.9 Å². The third-order valence-electron chi connectivity index (χ3n) is 8.23. The van der Waals surface area contributed by atoms with Crippen molar-refractivity contribution in [3.05, 3.63) is 76.9 Å². The number of hydrogen-bond acceptors (Lipinski definition) is 10. The van der Waals surface area contributed by atoms with Crippen LogP contribution in [0.25, 0.3) is 27.7 Å². The van der Waals surface area contributed by atoms with E-state index in [4.69, 9.17) is 10.4 Å². The molecule has 0 atom stereocenters. The van der Waals surface area contributed by atoms with Crippen LogP contribution in [-0.2, 0) is 11.3 Å². The number of piperidine rings is 1. The summed E-state index contributed by atoms with van der Waals surface area (Å²) in [6.07, 6.45) is 11.7. The molecule has 12 heteroatoms. The van der Waals surface area contributed by atoms with Crippen LogP contribution in [0.3, 0.4) is 0 Å². The van der Waals surface area contributed by atoms with Crippen molar-refractivity contribution in [1.82, 2.24) is 40.0 Å². The molecular formula is C32H36N10O2. The van der Waals surface area contributed by atoms with Crippen LogP contribution in [0, 0.1) is 5.41 Å². The highest BCUT2D eigenvalue weighted by atomic mass is 16.2. The Kier molecular flexibility index (Phi) is 8.69. The van der Waals surface area contributed by atoms with Gasteiger partial charge in [0.05, 0.1) is 11.1 Å². The number of carbonyl (C=O) groups is 1. The average Bonchev–Trinajstić information content (AvgIpc) is 3.61. The Morgan fingerprint density at radius 1 is 1.07 bits per heavy atom. The van der Waals surface area contributed by atoms with Gasteiger partial charge in [0.1, 0.15) is 12.2 Å². The predicted molar refractivity (Wildman–Crippen MR) is 171 cm³/mol. The zero-order valence-corrected chi connectivity index (χ0v) is 24.7. The molecule has 0 aliphatic carbocycles. The second-order valence-corrected chi connectivity index (χ2v) is 11.1. The number of allylic oxidation sites excluding steroid dienone is 1. The normalized spacial score (nSPS) is 15.8. The van der Waals surface area contributed by atoms with Crippen molar-refractivity contribution in [2.45, 2.75) is 38.1 Å². The Balaban J connectivity index is 1.34. The second kappa shape index (κ2) is 13.1. The monoisotopic (exact) mass is 592 g/mol. The average molecular weight is 593 g/mol. The Labute approximate surface area is 255 Å². The third-order valence-corrected chi connectivity index (χ3v) is 8.23. The van der Waals surface area contributed by atoms with E-state index in [-0.39, 0.29) is 18.0 Å². The lowest BCUT2D eigenvalue weighted by Gasteiger charge is -2.23. The number of fused-ring (bicyclic) bond motifs is 1. The van der Waals surface area contributed by atoms with Gasteiger partial charge in [0, 0.05) is 67.8 Å². The number of nitrogens with one attached hydrogen (secondary N) is 4. The van der Waals surface area contributed by atoms with Crippen LogP contribution < -0.4 is 21.5 Å². The Bertz CT molecular complexity index is 1740. The highest BCUT2D eigenvalue weighted by Gasteiger charge is 2.22. The van der Waals surface area contributed by atoms with E-state index >= 15 is 0 Å². The van der Waals surface area contributed by atoms with Gasteiger partial charge in [-0.25, -0.2) is 15.0 Å². The largest absolute Gasteiger partial charge is 0.393 e. The van der Waals surface area contributed by atoms with Crippen molar-refractivity contribution in [3.8, 4) is 11.1 Å². The molecule has 12 nitrogen and oxygen atoms in total. The topological polar surface area (TPSA) is 154 Å². The van der Waals surface area contributed by atoms with E-state index in [1.54, 1.807) is 42.8 Å². The summed E-state index contributed by atoms with van der Waals surface area (Å²) in [6, 6.07) is 10.0. The van der Waals surface area contributed by atoms with Crippen LogP contribution in [0.4, 0.5) is 11.6 Å². The van der Waals surface area contributed by atoms with E-state index in [9.17, 15) is 9.59 Å². The molecule has 3 aromatic heterocycles. The quantitative estimate of drug-likeness (QED) is 0.214. The molecule has 0 saturated carbocycles. The van der Waals surface area contributed by atoms with Crippen molar-refractivity contribution in [2.24, 2.45) is 0 Å². The summed E-state index contributed by atoms with van der Waals surface area (Å²) in [6.45, 7) is 3.32. The first-order valence-corrected chi connectivity index (χ1v) is 15.0. The highest BCUT2D eigenvalue weighted by molar-refractivity contribution is 6.06. The number of likely N-dealkylation sites (tertiary alicyclic amines) is 1. The molecule has 2 aliphatic rings. The van der Waals surface area contributed by atoms with Gasteiger partial charge in [-0.1, -0.05) is 12.1 Å². The van der Waals surface area contributed by atoms with Crippen molar-refractivity contribution in [1.29, 1.82) is 5.41 Å². The van der Waals surface area contributed by atoms with Gasteiger partial charge in [-0.15, -0.1) is 0 Å². The Morgan fingerprint density at radius 2 is 1.80 bits per heavy atom. The number of carbonyl (C=O) groups excluding carboxylic acids is 1. The zero-order chi connectivity index (χ0) is 30.5. The first-order chi connectivity index (χ1) is 21.5. The standard InChI is InChI=1S/C32H36N10O2/c1-34-16-24(15-33)29-36-18-25(19-37-29)27-14-23-17-38-32(39-26-6-4-21(5-7-26)22-8-10-35-11-9-22)40-30(23)42(31(27)44)20-28(43)41-12-2-3-13-41/h4-7,14-19,22,33-35H,2-3,8-13,20H2,1H3,(H,38,39,40)/b24-16+,33-15?. The van der Waals surface area contributed by atoms with Crippen molar-refractivity contribution < 1.29 is 4.79 Å². The lowest BCUT2D eigenvalue weighted by Crippen LogP contribution is -2.35. The third kappa shape index (κ3) is 6.20. The predicted octanol–water partition coefficient (Wildman–Crippen LogP) is 3.29. The molecule has 1 aromatic carbocycles. The van der Waals surface area contributed by atoms with Gasteiger partial charge in [0.15, 0.2) is 5.82 Å². The van der Waals surface area contributed by atoms with Crippen LogP contribution in [0.2, 0.25) is 0 Å². The number of nitrogens with zero attached hydrogens (tertiary/aromatic N) is 6. The first kappa shape index (κ1) is 29.1. The molecule has 4 aromatic rings.